The lowest BCUT2D eigenvalue weighted by atomic mass is 10.1. The normalized spacial score (nSPS) is 10.1. The van der Waals surface area contributed by atoms with Crippen LogP contribution in [-0.2, 0) is 4.79 Å². The summed E-state index contributed by atoms with van der Waals surface area (Å²) in [6, 6.07) is 8.23. The number of amides is 1. The van der Waals surface area contributed by atoms with Crippen LogP contribution in [0.1, 0.15) is 15.9 Å². The second-order valence-electron chi connectivity index (χ2n) is 4.51. The predicted octanol–water partition coefficient (Wildman–Crippen LogP) is 1.83. The van der Waals surface area contributed by atoms with Crippen molar-refractivity contribution in [1.29, 1.82) is 0 Å². The van der Waals surface area contributed by atoms with Crippen molar-refractivity contribution in [3.8, 4) is 5.75 Å². The predicted molar refractivity (Wildman–Crippen MR) is 76.4 cm³/mol. The third-order valence-electron chi connectivity index (χ3n) is 2.91. The number of pyridine rings is 1. The molecule has 0 aliphatic heterocycles. The molecule has 2 rings (SSSR count). The van der Waals surface area contributed by atoms with Crippen LogP contribution in [-0.4, -0.2) is 33.6 Å². The van der Waals surface area contributed by atoms with Gasteiger partial charge in [0, 0.05) is 11.9 Å². The summed E-state index contributed by atoms with van der Waals surface area (Å²) in [5.41, 5.74) is 1.45. The third kappa shape index (κ3) is 3.36. The minimum atomic E-state index is -1.14. The van der Waals surface area contributed by atoms with Crippen molar-refractivity contribution < 1.29 is 19.8 Å². The van der Waals surface area contributed by atoms with Crippen LogP contribution in [0.15, 0.2) is 42.7 Å². The van der Waals surface area contributed by atoms with Crippen molar-refractivity contribution in [1.82, 2.24) is 4.98 Å². The first-order valence-corrected chi connectivity index (χ1v) is 6.22. The molecule has 21 heavy (non-hydrogen) atoms. The number of aromatic nitrogens is 1. The van der Waals surface area contributed by atoms with Crippen LogP contribution in [0.2, 0.25) is 0 Å². The Morgan fingerprint density at radius 2 is 1.86 bits per heavy atom. The molecule has 0 saturated carbocycles. The molecule has 0 aliphatic rings. The van der Waals surface area contributed by atoms with Crippen LogP contribution >= 0.6 is 0 Å². The number of aromatic hydroxyl groups is 1. The lowest BCUT2D eigenvalue weighted by Gasteiger charge is -2.21. The molecule has 6 nitrogen and oxygen atoms in total. The van der Waals surface area contributed by atoms with Crippen molar-refractivity contribution in [3.05, 3.63) is 53.9 Å². The van der Waals surface area contributed by atoms with E-state index < -0.39 is 18.4 Å². The molecular formula is C15H14N2O4. The van der Waals surface area contributed by atoms with Gasteiger partial charge < -0.3 is 10.2 Å². The summed E-state index contributed by atoms with van der Waals surface area (Å²) in [6.07, 6.45) is 2.50. The summed E-state index contributed by atoms with van der Waals surface area (Å²) in [4.78, 5) is 28.3. The maximum Gasteiger partial charge on any atom is 0.323 e. The molecule has 0 atom stereocenters. The molecule has 1 heterocycles. The first-order chi connectivity index (χ1) is 9.99. The molecule has 2 aromatic rings. The van der Waals surface area contributed by atoms with Gasteiger partial charge in [-0.15, -0.1) is 0 Å². The summed E-state index contributed by atoms with van der Waals surface area (Å²) >= 11 is 0. The molecule has 1 amide bonds. The summed E-state index contributed by atoms with van der Waals surface area (Å²) in [5.74, 6) is -2.02. The SMILES string of the molecule is Cc1ccc(N(CC(=O)O)C(=O)c2ccncc2O)cc1. The quantitative estimate of drug-likeness (QED) is 0.894. The van der Waals surface area contributed by atoms with Gasteiger partial charge in [0.25, 0.3) is 5.91 Å². The number of aryl methyl sites for hydroxylation is 1. The average molecular weight is 286 g/mol. The minimum Gasteiger partial charge on any atom is -0.505 e. The van der Waals surface area contributed by atoms with Gasteiger partial charge >= 0.3 is 5.97 Å². The standard InChI is InChI=1S/C15H14N2O4/c1-10-2-4-11(5-3-10)17(9-14(19)20)15(21)12-6-7-16-8-13(12)18/h2-8,18H,9H2,1H3,(H,19,20). The van der Waals surface area contributed by atoms with Crippen LogP contribution in [0.25, 0.3) is 0 Å². The Bertz CT molecular complexity index is 668. The molecule has 6 heteroatoms. The highest BCUT2D eigenvalue weighted by Gasteiger charge is 2.22. The van der Waals surface area contributed by atoms with E-state index in [0.29, 0.717) is 5.69 Å². The summed E-state index contributed by atoms with van der Waals surface area (Å²) < 4.78 is 0. The van der Waals surface area contributed by atoms with Crippen LogP contribution < -0.4 is 4.90 Å². The highest BCUT2D eigenvalue weighted by Crippen LogP contribution is 2.22. The molecule has 0 unspecified atom stereocenters. The summed E-state index contributed by atoms with van der Waals surface area (Å²) in [6.45, 7) is 1.39. The van der Waals surface area contributed by atoms with E-state index in [2.05, 4.69) is 4.98 Å². The topological polar surface area (TPSA) is 90.7 Å². The fourth-order valence-electron chi connectivity index (χ4n) is 1.85. The second-order valence-corrected chi connectivity index (χ2v) is 4.51. The molecule has 1 aromatic heterocycles. The Morgan fingerprint density at radius 3 is 2.43 bits per heavy atom. The van der Waals surface area contributed by atoms with Gasteiger partial charge in [0.05, 0.1) is 11.8 Å². The maximum atomic E-state index is 12.5. The Morgan fingerprint density at radius 1 is 1.19 bits per heavy atom. The Hall–Kier alpha value is -2.89. The van der Waals surface area contributed by atoms with E-state index in [1.807, 2.05) is 6.92 Å². The first-order valence-electron chi connectivity index (χ1n) is 6.22. The molecule has 0 fully saturated rings. The van der Waals surface area contributed by atoms with Crippen molar-refractivity contribution >= 4 is 17.6 Å². The average Bonchev–Trinajstić information content (AvgIpc) is 2.45. The lowest BCUT2D eigenvalue weighted by molar-refractivity contribution is -0.135. The van der Waals surface area contributed by atoms with E-state index in [1.54, 1.807) is 24.3 Å². The molecule has 0 bridgehead atoms. The van der Waals surface area contributed by atoms with E-state index in [0.717, 1.165) is 16.7 Å². The molecule has 108 valence electrons. The van der Waals surface area contributed by atoms with E-state index in [4.69, 9.17) is 5.11 Å². The highest BCUT2D eigenvalue weighted by atomic mass is 16.4. The number of anilines is 1. The van der Waals surface area contributed by atoms with E-state index in [9.17, 15) is 14.7 Å². The minimum absolute atomic E-state index is 0.00632. The van der Waals surface area contributed by atoms with Crippen molar-refractivity contribution in [2.45, 2.75) is 6.92 Å². The van der Waals surface area contributed by atoms with Gasteiger partial charge in [-0.3, -0.25) is 19.5 Å². The first kappa shape index (κ1) is 14.5. The number of carbonyl (C=O) groups excluding carboxylic acids is 1. The zero-order chi connectivity index (χ0) is 15.4. The second kappa shape index (κ2) is 6.04. The summed E-state index contributed by atoms with van der Waals surface area (Å²) in [5, 5.41) is 18.7. The van der Waals surface area contributed by atoms with E-state index >= 15 is 0 Å². The van der Waals surface area contributed by atoms with Gasteiger partial charge in [-0.1, -0.05) is 17.7 Å². The number of carboxylic acid groups (broad SMARTS) is 1. The monoisotopic (exact) mass is 286 g/mol. The Labute approximate surface area is 121 Å². The van der Waals surface area contributed by atoms with Gasteiger partial charge in [0.15, 0.2) is 0 Å². The van der Waals surface area contributed by atoms with Crippen molar-refractivity contribution in [3.63, 3.8) is 0 Å². The van der Waals surface area contributed by atoms with Crippen molar-refractivity contribution in [2.24, 2.45) is 0 Å². The largest absolute Gasteiger partial charge is 0.505 e. The lowest BCUT2D eigenvalue weighted by Crippen LogP contribution is -2.35. The molecule has 1 aromatic carbocycles. The fourth-order valence-corrected chi connectivity index (χ4v) is 1.85. The van der Waals surface area contributed by atoms with Gasteiger partial charge in [-0.2, -0.15) is 0 Å². The number of rotatable bonds is 4. The summed E-state index contributed by atoms with van der Waals surface area (Å²) in [7, 11) is 0. The van der Waals surface area contributed by atoms with Crippen LogP contribution in [0, 0.1) is 6.92 Å². The van der Waals surface area contributed by atoms with Gasteiger partial charge in [0.1, 0.15) is 12.3 Å². The molecule has 0 radical (unpaired) electrons. The zero-order valence-corrected chi connectivity index (χ0v) is 11.4. The Balaban J connectivity index is 2.40. The molecular weight excluding hydrogens is 272 g/mol. The highest BCUT2D eigenvalue weighted by molar-refractivity contribution is 6.09. The Kier molecular flexibility index (Phi) is 4.18. The van der Waals surface area contributed by atoms with Gasteiger partial charge in [-0.25, -0.2) is 0 Å². The number of hydrogen-bond acceptors (Lipinski definition) is 4. The van der Waals surface area contributed by atoms with E-state index in [-0.39, 0.29) is 11.3 Å². The number of nitrogens with zero attached hydrogens (tertiary/aromatic N) is 2. The maximum absolute atomic E-state index is 12.5. The van der Waals surface area contributed by atoms with Gasteiger partial charge in [-0.05, 0) is 25.1 Å². The number of carbonyl (C=O) groups is 2. The number of carboxylic acids is 1. The van der Waals surface area contributed by atoms with Crippen LogP contribution in [0.5, 0.6) is 5.75 Å². The smallest absolute Gasteiger partial charge is 0.323 e. The van der Waals surface area contributed by atoms with Gasteiger partial charge in [0.2, 0.25) is 0 Å². The molecule has 0 spiro atoms. The van der Waals surface area contributed by atoms with E-state index in [1.165, 1.54) is 12.3 Å². The van der Waals surface area contributed by atoms with Crippen LogP contribution in [0.3, 0.4) is 0 Å². The number of benzene rings is 1. The molecule has 0 aliphatic carbocycles. The zero-order valence-electron chi connectivity index (χ0n) is 11.4. The van der Waals surface area contributed by atoms with Crippen molar-refractivity contribution in [2.75, 3.05) is 11.4 Å². The number of aliphatic carboxylic acids is 1. The molecule has 0 saturated heterocycles. The molecule has 2 N–H and O–H groups in total. The fraction of sp³-hybridized carbons (Fsp3) is 0.133. The number of hydrogen-bond donors (Lipinski definition) is 2. The third-order valence-corrected chi connectivity index (χ3v) is 2.91. The van der Waals surface area contributed by atoms with Crippen LogP contribution in [0.4, 0.5) is 5.69 Å².